The van der Waals surface area contributed by atoms with E-state index < -0.39 is 0 Å². The van der Waals surface area contributed by atoms with Gasteiger partial charge in [-0.05, 0) is 6.92 Å². The molecule has 49 valence electrons. The van der Waals surface area contributed by atoms with Gasteiger partial charge in [-0.3, -0.25) is 0 Å². The minimum atomic E-state index is 0.499. The topological polar surface area (TPSA) is 35.3 Å². The van der Waals surface area contributed by atoms with E-state index in [-0.39, 0.29) is 0 Å². The van der Waals surface area contributed by atoms with Gasteiger partial charge in [0.15, 0.2) is 0 Å². The Morgan fingerprint density at radius 1 is 1.78 bits per heavy atom. The third kappa shape index (κ3) is 1.29. The summed E-state index contributed by atoms with van der Waals surface area (Å²) in [6.07, 6.45) is 2.38. The van der Waals surface area contributed by atoms with E-state index >= 15 is 0 Å². The number of aromatic nitrogens is 1. The van der Waals surface area contributed by atoms with E-state index in [1.54, 1.807) is 7.11 Å². The second-order valence-corrected chi connectivity index (χ2v) is 1.74. The van der Waals surface area contributed by atoms with Crippen LogP contribution in [0.4, 0.5) is 0 Å². The molecular weight excluding hydrogens is 118 g/mol. The molecule has 1 radical (unpaired) electrons. The molecule has 1 heterocycles. The van der Waals surface area contributed by atoms with Gasteiger partial charge >= 0.3 is 0 Å². The first-order chi connectivity index (χ1) is 4.34. The van der Waals surface area contributed by atoms with Gasteiger partial charge in [-0.2, -0.15) is 0 Å². The van der Waals surface area contributed by atoms with Crippen molar-refractivity contribution in [2.45, 2.75) is 13.5 Å². The van der Waals surface area contributed by atoms with Gasteiger partial charge in [-0.15, -0.1) is 0 Å². The molecule has 1 aromatic rings. The maximum Gasteiger partial charge on any atom is 0.284 e. The average Bonchev–Trinajstić information content (AvgIpc) is 2.18. The molecule has 0 aromatic carbocycles. The van der Waals surface area contributed by atoms with Crippen LogP contribution in [0.25, 0.3) is 0 Å². The lowest BCUT2D eigenvalue weighted by atomic mass is 10.4. The fraction of sp³-hybridized carbons (Fsp3) is 0.500. The molecule has 0 saturated carbocycles. The predicted octanol–water partition coefficient (Wildman–Crippen LogP) is 0.930. The Morgan fingerprint density at radius 2 is 2.56 bits per heavy atom. The van der Waals surface area contributed by atoms with Gasteiger partial charge in [0.05, 0.1) is 6.61 Å². The largest absolute Gasteiger partial charge is 0.438 e. The molecule has 0 saturated heterocycles. The lowest BCUT2D eigenvalue weighted by Crippen LogP contribution is -1.88. The molecule has 0 amide bonds. The van der Waals surface area contributed by atoms with E-state index in [1.807, 2.05) is 6.92 Å². The Kier molecular flexibility index (Phi) is 1.85. The fourth-order valence-corrected chi connectivity index (χ4v) is 0.555. The first-order valence-corrected chi connectivity index (χ1v) is 2.66. The molecule has 0 aliphatic carbocycles. The summed E-state index contributed by atoms with van der Waals surface area (Å²) in [6.45, 7) is 2.33. The highest BCUT2D eigenvalue weighted by molar-refractivity contribution is 5.02. The molecule has 0 N–H and O–H groups in total. The van der Waals surface area contributed by atoms with Gasteiger partial charge < -0.3 is 9.15 Å². The van der Waals surface area contributed by atoms with Crippen LogP contribution in [-0.2, 0) is 11.3 Å². The van der Waals surface area contributed by atoms with Gasteiger partial charge in [0.2, 0.25) is 0 Å². The standard InChI is InChI=1S/C6H8NO2/c1-5-6(3-8-2)7-4-9-5/h3H2,1-2H3. The van der Waals surface area contributed by atoms with E-state index in [0.29, 0.717) is 6.61 Å². The minimum Gasteiger partial charge on any atom is -0.438 e. The SMILES string of the molecule is COCc1n[c]oc1C. The Hall–Kier alpha value is -0.830. The third-order valence-corrected chi connectivity index (χ3v) is 1.07. The second kappa shape index (κ2) is 2.64. The number of hydrogen-bond acceptors (Lipinski definition) is 3. The lowest BCUT2D eigenvalue weighted by molar-refractivity contribution is 0.180. The molecule has 1 rings (SSSR count). The zero-order chi connectivity index (χ0) is 6.69. The Morgan fingerprint density at radius 3 is 3.00 bits per heavy atom. The molecule has 9 heavy (non-hydrogen) atoms. The van der Waals surface area contributed by atoms with Crippen molar-refractivity contribution in [1.29, 1.82) is 0 Å². The van der Waals surface area contributed by atoms with Crippen LogP contribution < -0.4 is 0 Å². The van der Waals surface area contributed by atoms with E-state index in [4.69, 9.17) is 9.15 Å². The summed E-state index contributed by atoms with van der Waals surface area (Å²) in [5.74, 6) is 0.775. The van der Waals surface area contributed by atoms with Gasteiger partial charge in [0.1, 0.15) is 11.5 Å². The highest BCUT2D eigenvalue weighted by Crippen LogP contribution is 2.03. The fourth-order valence-electron chi connectivity index (χ4n) is 0.555. The highest BCUT2D eigenvalue weighted by atomic mass is 16.5. The van der Waals surface area contributed by atoms with Crippen LogP contribution in [-0.4, -0.2) is 12.1 Å². The molecule has 3 nitrogen and oxygen atoms in total. The van der Waals surface area contributed by atoms with Crippen molar-refractivity contribution in [2.75, 3.05) is 7.11 Å². The highest BCUT2D eigenvalue weighted by Gasteiger charge is 2.00. The van der Waals surface area contributed by atoms with Crippen molar-refractivity contribution < 1.29 is 9.15 Å². The Balaban J connectivity index is 2.69. The number of oxazole rings is 1. The van der Waals surface area contributed by atoms with Crippen molar-refractivity contribution in [2.24, 2.45) is 0 Å². The maximum atomic E-state index is 4.82. The number of ether oxygens (including phenoxy) is 1. The van der Waals surface area contributed by atoms with Crippen LogP contribution in [0.1, 0.15) is 11.5 Å². The monoisotopic (exact) mass is 126 g/mol. The molecule has 0 aliphatic rings. The summed E-state index contributed by atoms with van der Waals surface area (Å²) in [5.41, 5.74) is 0.817. The third-order valence-electron chi connectivity index (χ3n) is 1.07. The zero-order valence-electron chi connectivity index (χ0n) is 5.47. The zero-order valence-corrected chi connectivity index (χ0v) is 5.47. The van der Waals surface area contributed by atoms with Crippen molar-refractivity contribution in [3.8, 4) is 0 Å². The summed E-state index contributed by atoms with van der Waals surface area (Å²) in [7, 11) is 1.62. The molecule has 0 fully saturated rings. The molecule has 0 aliphatic heterocycles. The van der Waals surface area contributed by atoms with Gasteiger partial charge in [0.25, 0.3) is 6.39 Å². The smallest absolute Gasteiger partial charge is 0.284 e. The molecule has 0 unspecified atom stereocenters. The number of methoxy groups -OCH3 is 1. The molecular formula is C6H8NO2. The van der Waals surface area contributed by atoms with Crippen LogP contribution in [0.2, 0.25) is 0 Å². The van der Waals surface area contributed by atoms with Gasteiger partial charge in [-0.1, -0.05) is 0 Å². The molecule has 3 heteroatoms. The van der Waals surface area contributed by atoms with Gasteiger partial charge in [-0.25, -0.2) is 4.98 Å². The molecule has 1 aromatic heterocycles. The van der Waals surface area contributed by atoms with Crippen molar-refractivity contribution >= 4 is 0 Å². The molecule has 0 spiro atoms. The van der Waals surface area contributed by atoms with Crippen LogP contribution in [0.5, 0.6) is 0 Å². The van der Waals surface area contributed by atoms with E-state index in [9.17, 15) is 0 Å². The quantitative estimate of drug-likeness (QED) is 0.591. The predicted molar refractivity (Wildman–Crippen MR) is 30.8 cm³/mol. The van der Waals surface area contributed by atoms with Gasteiger partial charge in [0, 0.05) is 7.11 Å². The first kappa shape index (κ1) is 6.29. The average molecular weight is 126 g/mol. The first-order valence-electron chi connectivity index (χ1n) is 2.66. The van der Waals surface area contributed by atoms with E-state index in [2.05, 4.69) is 11.4 Å². The normalized spacial score (nSPS) is 10.0. The summed E-state index contributed by atoms with van der Waals surface area (Å²) >= 11 is 0. The molecule has 0 atom stereocenters. The second-order valence-electron chi connectivity index (χ2n) is 1.74. The van der Waals surface area contributed by atoms with Crippen molar-refractivity contribution in [3.63, 3.8) is 0 Å². The summed E-state index contributed by atoms with van der Waals surface area (Å²) in [4.78, 5) is 3.79. The number of nitrogens with zero attached hydrogens (tertiary/aromatic N) is 1. The summed E-state index contributed by atoms with van der Waals surface area (Å²) in [6, 6.07) is 0. The molecule has 0 bridgehead atoms. The number of aryl methyl sites for hydroxylation is 1. The van der Waals surface area contributed by atoms with Crippen LogP contribution in [0, 0.1) is 13.3 Å². The van der Waals surface area contributed by atoms with E-state index in [1.165, 1.54) is 0 Å². The maximum absolute atomic E-state index is 4.82. The Labute approximate surface area is 53.7 Å². The number of rotatable bonds is 2. The van der Waals surface area contributed by atoms with Crippen LogP contribution in [0.15, 0.2) is 4.42 Å². The number of hydrogen-bond donors (Lipinski definition) is 0. The van der Waals surface area contributed by atoms with E-state index in [0.717, 1.165) is 11.5 Å². The van der Waals surface area contributed by atoms with Crippen molar-refractivity contribution in [1.82, 2.24) is 4.98 Å². The minimum absolute atomic E-state index is 0.499. The van der Waals surface area contributed by atoms with Crippen LogP contribution >= 0.6 is 0 Å². The summed E-state index contributed by atoms with van der Waals surface area (Å²) < 4.78 is 9.63. The Bertz CT molecular complexity index is 183. The lowest BCUT2D eigenvalue weighted by Gasteiger charge is -1.91. The van der Waals surface area contributed by atoms with Crippen LogP contribution in [0.3, 0.4) is 0 Å². The summed E-state index contributed by atoms with van der Waals surface area (Å²) in [5, 5.41) is 0. The van der Waals surface area contributed by atoms with Crippen molar-refractivity contribution in [3.05, 3.63) is 17.8 Å².